The van der Waals surface area contributed by atoms with E-state index in [0.29, 0.717) is 27.6 Å². The zero-order valence-electron chi connectivity index (χ0n) is 39.1. The minimum atomic E-state index is -5.10. The number of nitrogens with zero attached hydrogens (tertiary/aromatic N) is 5. The number of nitrogens with one attached hydrogen (secondary N) is 3. The highest BCUT2D eigenvalue weighted by molar-refractivity contribution is 7.93. The van der Waals surface area contributed by atoms with Gasteiger partial charge in [0.25, 0.3) is 10.0 Å². The van der Waals surface area contributed by atoms with E-state index >= 15 is 0 Å². The maximum absolute atomic E-state index is 14.2. The van der Waals surface area contributed by atoms with E-state index in [-0.39, 0.29) is 55.3 Å². The van der Waals surface area contributed by atoms with Crippen molar-refractivity contribution in [1.29, 1.82) is 0 Å². The van der Waals surface area contributed by atoms with Crippen molar-refractivity contribution in [3.63, 3.8) is 0 Å². The van der Waals surface area contributed by atoms with Gasteiger partial charge in [-0.25, -0.2) is 22.8 Å². The summed E-state index contributed by atoms with van der Waals surface area (Å²) in [7, 11) is -3.46. The van der Waals surface area contributed by atoms with Crippen LogP contribution in [0.25, 0.3) is 32.6 Å². The Morgan fingerprint density at radius 3 is 2.40 bits per heavy atom. The van der Waals surface area contributed by atoms with Gasteiger partial charge in [-0.2, -0.15) is 13.9 Å². The second-order valence-corrected chi connectivity index (χ2v) is 20.4. The predicted octanol–water partition coefficient (Wildman–Crippen LogP) is 6.83. The molecule has 21 heteroatoms. The first-order chi connectivity index (χ1) is 33.1. The molecule has 1 fully saturated rings. The van der Waals surface area contributed by atoms with E-state index in [1.165, 1.54) is 58.2 Å². The third kappa shape index (κ3) is 11.5. The lowest BCUT2D eigenvalue weighted by Gasteiger charge is -2.35. The van der Waals surface area contributed by atoms with E-state index in [9.17, 15) is 41.1 Å². The molecule has 7 rings (SSSR count). The Kier molecular flexibility index (Phi) is 15.2. The zero-order valence-corrected chi connectivity index (χ0v) is 40.7. The fourth-order valence-electron chi connectivity index (χ4n) is 8.02. The number of alkyl halides is 2. The molecule has 70 heavy (non-hydrogen) atoms. The maximum Gasteiger partial charge on any atom is 0.355 e. The maximum atomic E-state index is 14.2. The second kappa shape index (κ2) is 20.9. The molecule has 6 N–H and O–H groups in total. The molecule has 368 valence electrons. The molecule has 0 aliphatic carbocycles. The van der Waals surface area contributed by atoms with Gasteiger partial charge in [-0.05, 0) is 60.2 Å². The van der Waals surface area contributed by atoms with E-state index in [4.69, 9.17) is 10.5 Å². The summed E-state index contributed by atoms with van der Waals surface area (Å²) < 4.78 is 74.5. The summed E-state index contributed by atoms with van der Waals surface area (Å²) in [4.78, 5) is 52.2. The molecule has 3 aromatic carbocycles. The number of benzene rings is 3. The molecule has 1 saturated heterocycles. The number of aliphatic hydroxyl groups excluding tert-OH is 1. The van der Waals surface area contributed by atoms with Crippen LogP contribution in [0.15, 0.2) is 78.4 Å². The van der Waals surface area contributed by atoms with Crippen molar-refractivity contribution in [1.82, 2.24) is 35.3 Å². The first-order valence-electron chi connectivity index (χ1n) is 22.1. The topological polar surface area (TPSA) is 224 Å². The molecule has 3 aromatic heterocycles. The number of hydrogen-bond acceptors (Lipinski definition) is 12. The number of aliphatic hydroxyl groups is 1. The highest BCUT2D eigenvalue weighted by Gasteiger charge is 2.44. The Hall–Kier alpha value is -7.02. The fraction of sp³-hybridized carbons (Fsp3) is 0.347. The number of amides is 3. The number of carbonyl (C=O) groups is 3. The number of fused-ring (bicyclic) bond motifs is 1. The lowest BCUT2D eigenvalue weighted by Crippen LogP contribution is -2.57. The van der Waals surface area contributed by atoms with Crippen LogP contribution < -0.4 is 25.8 Å². The van der Waals surface area contributed by atoms with E-state index in [1.807, 2.05) is 35.9 Å². The van der Waals surface area contributed by atoms with Crippen LogP contribution in [-0.4, -0.2) is 86.4 Å². The van der Waals surface area contributed by atoms with Gasteiger partial charge in [0.1, 0.15) is 41.3 Å². The van der Waals surface area contributed by atoms with Gasteiger partial charge in [-0.3, -0.25) is 23.8 Å². The van der Waals surface area contributed by atoms with Gasteiger partial charge in [0, 0.05) is 51.2 Å². The molecule has 0 saturated carbocycles. The molecular formula is C49H52F3N9O7S2. The van der Waals surface area contributed by atoms with Gasteiger partial charge in [0.2, 0.25) is 17.7 Å². The van der Waals surface area contributed by atoms with Crippen molar-refractivity contribution in [3.8, 4) is 39.3 Å². The molecule has 1 aliphatic rings. The molecule has 6 aromatic rings. The van der Waals surface area contributed by atoms with Gasteiger partial charge in [-0.15, -0.1) is 11.3 Å². The molecular weight excluding hydrogens is 948 g/mol. The molecule has 0 radical (unpaired) electrons. The van der Waals surface area contributed by atoms with Crippen LogP contribution in [0.4, 0.5) is 24.7 Å². The number of sulfonamides is 1. The first kappa shape index (κ1) is 50.8. The Balaban J connectivity index is 1.04. The third-order valence-electron chi connectivity index (χ3n) is 11.7. The molecule has 3 amide bonds. The van der Waals surface area contributed by atoms with Gasteiger partial charge >= 0.3 is 5.76 Å². The number of aryl methyl sites for hydroxylation is 2. The largest absolute Gasteiger partial charge is 0.484 e. The first-order valence-corrected chi connectivity index (χ1v) is 24.5. The predicted molar refractivity (Wildman–Crippen MR) is 260 cm³/mol. The smallest absolute Gasteiger partial charge is 0.355 e. The number of thiazole rings is 1. The number of aromatic nitrogens is 4. The van der Waals surface area contributed by atoms with Crippen molar-refractivity contribution in [2.24, 2.45) is 12.5 Å². The van der Waals surface area contributed by atoms with Crippen LogP contribution in [0.1, 0.15) is 75.4 Å². The van der Waals surface area contributed by atoms with Crippen molar-refractivity contribution in [2.75, 3.05) is 17.0 Å². The van der Waals surface area contributed by atoms with Crippen molar-refractivity contribution in [3.05, 3.63) is 107 Å². The van der Waals surface area contributed by atoms with Gasteiger partial charge in [0.15, 0.2) is 0 Å². The van der Waals surface area contributed by atoms with E-state index < -0.39 is 69.0 Å². The Morgan fingerprint density at radius 1 is 1.04 bits per heavy atom. The monoisotopic (exact) mass is 999 g/mol. The molecule has 0 spiro atoms. The Labute approximate surface area is 406 Å². The zero-order chi connectivity index (χ0) is 50.7. The Morgan fingerprint density at radius 2 is 1.74 bits per heavy atom. The van der Waals surface area contributed by atoms with E-state index in [1.54, 1.807) is 51.6 Å². The fourth-order valence-corrected chi connectivity index (χ4v) is 9.39. The number of halogens is 3. The summed E-state index contributed by atoms with van der Waals surface area (Å²) in [6, 6.07) is 15.2. The quantitative estimate of drug-likeness (QED) is 0.0671. The number of nitrogen functional groups attached to an aromatic ring is 1. The summed E-state index contributed by atoms with van der Waals surface area (Å²) in [6.07, 6.45) is -0.259. The van der Waals surface area contributed by atoms with Gasteiger partial charge < -0.3 is 31.1 Å². The molecule has 4 heterocycles. The number of pyridine rings is 1. The van der Waals surface area contributed by atoms with E-state index in [2.05, 4.69) is 37.5 Å². The highest BCUT2D eigenvalue weighted by Crippen LogP contribution is 2.39. The van der Waals surface area contributed by atoms with Crippen LogP contribution in [0.2, 0.25) is 0 Å². The van der Waals surface area contributed by atoms with Crippen LogP contribution >= 0.6 is 11.3 Å². The third-order valence-corrected chi connectivity index (χ3v) is 13.6. The average molecular weight is 1000 g/mol. The molecule has 0 unspecified atom stereocenters. The number of rotatable bonds is 15. The molecule has 1 aliphatic heterocycles. The summed E-state index contributed by atoms with van der Waals surface area (Å²) in [5.74, 6) is 0.359. The summed E-state index contributed by atoms with van der Waals surface area (Å²) in [6.45, 7) is 9.07. The average Bonchev–Trinajstić information content (AvgIpc) is 4.03. The normalized spacial score (nSPS) is 15.8. The number of anilines is 2. The van der Waals surface area contributed by atoms with Gasteiger partial charge in [-0.1, -0.05) is 75.1 Å². The van der Waals surface area contributed by atoms with Crippen LogP contribution in [0.3, 0.4) is 0 Å². The number of nitrogens with two attached hydrogens (primary N) is 1. The minimum Gasteiger partial charge on any atom is -0.484 e. The second-order valence-electron chi connectivity index (χ2n) is 17.9. The lowest BCUT2D eigenvalue weighted by atomic mass is 9.85. The summed E-state index contributed by atoms with van der Waals surface area (Å²) in [5.41, 5.74) is 12.0. The van der Waals surface area contributed by atoms with Gasteiger partial charge in [0.05, 0.1) is 44.3 Å². The summed E-state index contributed by atoms with van der Waals surface area (Å²) in [5, 5.41) is 21.4. The van der Waals surface area contributed by atoms with Crippen LogP contribution in [0.5, 0.6) is 5.75 Å². The SMILES string of the molecule is Cc1ncsc1-c1ccc(CNC(=O)[C@@H]2C[C@@H](O)CN2C(=O)[C@@H](NC(=O)CCC#Cc2cnc(N)c3c(-c4ccc(NS(=O)(=O)C(F)F)c(O[C@@H](C)c5ccc(F)cc5)c4)nn(C)c23)C(C)(C)C)cc1. The standard InChI is InChI=1S/C49H52F3N9O7S2/c1-27-43(69-26-56-27)31-13-11-29(12-14-31)23-55-46(64)37-22-35(62)25-61(37)47(65)44(49(3,4)5)57-39(63)10-8-7-9-33-24-54-45(53)40-41(58-60(6)42(33)40)32-17-20-36(59-70(66,67)48(51)52)38(21-32)68-28(2)30-15-18-34(50)19-16-30/h11-21,24,26,28,35,37,44,48,59,62H,8,10,22-23,25H2,1-6H3,(H2,53,54)(H,55,64)(H,57,63)/t28-,35+,37-,44+/m0/s1. The number of β-amino-alcohol motifs (C(OH)–C–C–N with tert-alkyl or cyclic N) is 1. The molecule has 16 nitrogen and oxygen atoms in total. The Bertz CT molecular complexity index is 3090. The minimum absolute atomic E-state index is 0.0420. The van der Waals surface area contributed by atoms with Crippen molar-refractivity contribution in [2.45, 2.75) is 90.5 Å². The number of carbonyl (C=O) groups excluding carboxylic acids is 3. The number of hydrogen-bond donors (Lipinski definition) is 5. The number of ether oxygens (including phenoxy) is 1. The number of likely N-dealkylation sites (tertiary alicyclic amines) is 1. The van der Waals surface area contributed by atoms with E-state index in [0.717, 1.165) is 21.7 Å². The van der Waals surface area contributed by atoms with Crippen molar-refractivity contribution < 1.29 is 45.8 Å². The lowest BCUT2D eigenvalue weighted by molar-refractivity contribution is -0.144. The van der Waals surface area contributed by atoms with Crippen LogP contribution in [-0.2, 0) is 38.0 Å². The molecule has 0 bridgehead atoms. The highest BCUT2D eigenvalue weighted by atomic mass is 32.2. The summed E-state index contributed by atoms with van der Waals surface area (Å²) >= 11 is 1.55. The molecule has 4 atom stereocenters. The van der Waals surface area contributed by atoms with Crippen LogP contribution in [0, 0.1) is 30.0 Å². The van der Waals surface area contributed by atoms with Crippen molar-refractivity contribution >= 4 is 61.5 Å².